The largest absolute Gasteiger partial charge is 0.351 e. The Morgan fingerprint density at radius 1 is 1.29 bits per heavy atom. The Labute approximate surface area is 180 Å². The topological polar surface area (TPSA) is 64.0 Å². The fourth-order valence-electron chi connectivity index (χ4n) is 2.73. The van der Waals surface area contributed by atoms with Crippen LogP contribution in [0.5, 0.6) is 0 Å². The van der Waals surface area contributed by atoms with Crippen LogP contribution in [0.25, 0.3) is 10.9 Å². The SMILES string of the molecule is CCCn1c(SCC(=O)NCc2cccc(Cl)c2)nc2ccc(Br)cc2c1=O. The molecule has 2 aromatic carbocycles. The van der Waals surface area contributed by atoms with E-state index in [9.17, 15) is 9.59 Å². The van der Waals surface area contributed by atoms with Crippen LogP contribution >= 0.6 is 39.3 Å². The van der Waals surface area contributed by atoms with E-state index in [1.165, 1.54) is 11.8 Å². The minimum absolute atomic E-state index is 0.0880. The van der Waals surface area contributed by atoms with Crippen LogP contribution in [-0.4, -0.2) is 21.2 Å². The zero-order valence-electron chi connectivity index (χ0n) is 15.2. The Morgan fingerprint density at radius 3 is 2.86 bits per heavy atom. The van der Waals surface area contributed by atoms with Crippen molar-refractivity contribution in [2.45, 2.75) is 31.6 Å². The lowest BCUT2D eigenvalue weighted by Gasteiger charge is -2.12. The highest BCUT2D eigenvalue weighted by Crippen LogP contribution is 2.21. The molecule has 3 aromatic rings. The molecule has 0 unspecified atom stereocenters. The number of amides is 1. The van der Waals surface area contributed by atoms with E-state index >= 15 is 0 Å². The number of nitrogens with one attached hydrogen (secondary N) is 1. The van der Waals surface area contributed by atoms with Crippen molar-refractivity contribution in [2.75, 3.05) is 5.75 Å². The number of fused-ring (bicyclic) bond motifs is 1. The number of halogens is 2. The van der Waals surface area contributed by atoms with E-state index in [2.05, 4.69) is 26.2 Å². The zero-order chi connectivity index (χ0) is 20.1. The van der Waals surface area contributed by atoms with Gasteiger partial charge in [-0.25, -0.2) is 4.98 Å². The Hall–Kier alpha value is -1.83. The van der Waals surface area contributed by atoms with Crippen molar-refractivity contribution >= 4 is 56.1 Å². The molecule has 5 nitrogen and oxygen atoms in total. The quantitative estimate of drug-likeness (QED) is 0.395. The molecule has 0 aliphatic heterocycles. The van der Waals surface area contributed by atoms with E-state index < -0.39 is 0 Å². The van der Waals surface area contributed by atoms with Crippen LogP contribution in [0.15, 0.2) is 56.9 Å². The summed E-state index contributed by atoms with van der Waals surface area (Å²) in [5.41, 5.74) is 1.47. The number of nitrogens with zero attached hydrogens (tertiary/aromatic N) is 2. The number of carbonyl (C=O) groups is 1. The van der Waals surface area contributed by atoms with E-state index in [1.54, 1.807) is 22.8 Å². The first-order valence-corrected chi connectivity index (χ1v) is 11.0. The maximum atomic E-state index is 12.9. The number of hydrogen-bond donors (Lipinski definition) is 1. The van der Waals surface area contributed by atoms with Crippen molar-refractivity contribution in [3.05, 3.63) is 67.9 Å². The molecule has 0 aliphatic carbocycles. The lowest BCUT2D eigenvalue weighted by Crippen LogP contribution is -2.26. The number of benzene rings is 2. The van der Waals surface area contributed by atoms with Gasteiger partial charge in [-0.15, -0.1) is 0 Å². The summed E-state index contributed by atoms with van der Waals surface area (Å²) < 4.78 is 2.48. The Bertz CT molecular complexity index is 1070. The maximum absolute atomic E-state index is 12.9. The van der Waals surface area contributed by atoms with E-state index in [0.717, 1.165) is 16.5 Å². The highest BCUT2D eigenvalue weighted by Gasteiger charge is 2.13. The van der Waals surface area contributed by atoms with Gasteiger partial charge < -0.3 is 5.32 Å². The highest BCUT2D eigenvalue weighted by atomic mass is 79.9. The molecule has 0 saturated heterocycles. The molecule has 0 radical (unpaired) electrons. The summed E-state index contributed by atoms with van der Waals surface area (Å²) in [5.74, 6) is 0.0526. The summed E-state index contributed by atoms with van der Waals surface area (Å²) in [7, 11) is 0. The van der Waals surface area contributed by atoms with Crippen LogP contribution in [0.4, 0.5) is 0 Å². The lowest BCUT2D eigenvalue weighted by molar-refractivity contribution is -0.118. The van der Waals surface area contributed by atoms with E-state index in [1.807, 2.05) is 31.2 Å². The standard InChI is InChI=1S/C20H19BrClN3O2S/c1-2-8-25-19(27)16-10-14(21)6-7-17(16)24-20(25)28-12-18(26)23-11-13-4-3-5-15(22)9-13/h3-7,9-10H,2,8,11-12H2,1H3,(H,23,26). The van der Waals surface area contributed by atoms with Crippen molar-refractivity contribution in [2.24, 2.45) is 0 Å². The molecule has 146 valence electrons. The number of carbonyl (C=O) groups excluding carboxylic acids is 1. The summed E-state index contributed by atoms with van der Waals surface area (Å²) in [5, 5.41) is 4.63. The second-order valence-electron chi connectivity index (χ2n) is 6.21. The zero-order valence-corrected chi connectivity index (χ0v) is 18.4. The van der Waals surface area contributed by atoms with Gasteiger partial charge in [0, 0.05) is 22.6 Å². The third kappa shape index (κ3) is 5.16. The number of hydrogen-bond acceptors (Lipinski definition) is 4. The molecule has 1 N–H and O–H groups in total. The van der Waals surface area contributed by atoms with Gasteiger partial charge in [-0.05, 0) is 42.3 Å². The molecule has 0 aliphatic rings. The van der Waals surface area contributed by atoms with Gasteiger partial charge in [0.05, 0.1) is 16.7 Å². The van der Waals surface area contributed by atoms with Crippen LogP contribution in [-0.2, 0) is 17.9 Å². The first-order chi connectivity index (χ1) is 13.5. The Morgan fingerprint density at radius 2 is 2.11 bits per heavy atom. The molecule has 28 heavy (non-hydrogen) atoms. The minimum Gasteiger partial charge on any atom is -0.351 e. The second-order valence-corrected chi connectivity index (χ2v) is 8.50. The van der Waals surface area contributed by atoms with Crippen LogP contribution < -0.4 is 10.9 Å². The van der Waals surface area contributed by atoms with Crippen LogP contribution in [0.1, 0.15) is 18.9 Å². The molecule has 8 heteroatoms. The van der Waals surface area contributed by atoms with Crippen LogP contribution in [0.3, 0.4) is 0 Å². The first kappa shape index (κ1) is 20.9. The first-order valence-electron chi connectivity index (χ1n) is 8.82. The molecule has 1 aromatic heterocycles. The predicted molar refractivity (Wildman–Crippen MR) is 118 cm³/mol. The average molecular weight is 481 g/mol. The number of thioether (sulfide) groups is 1. The molecular weight excluding hydrogens is 462 g/mol. The molecule has 3 rings (SSSR count). The fourth-order valence-corrected chi connectivity index (χ4v) is 4.16. The van der Waals surface area contributed by atoms with E-state index in [-0.39, 0.29) is 17.2 Å². The molecule has 1 heterocycles. The third-order valence-electron chi connectivity index (χ3n) is 4.04. The smallest absolute Gasteiger partial charge is 0.262 e. The summed E-state index contributed by atoms with van der Waals surface area (Å²) in [6.45, 7) is 2.96. The molecule has 0 saturated carbocycles. The molecule has 0 fully saturated rings. The molecule has 0 atom stereocenters. The van der Waals surface area contributed by atoms with Gasteiger partial charge in [0.15, 0.2) is 5.16 Å². The maximum Gasteiger partial charge on any atom is 0.262 e. The van der Waals surface area contributed by atoms with Crippen molar-refractivity contribution in [3.8, 4) is 0 Å². The third-order valence-corrected chi connectivity index (χ3v) is 5.74. The average Bonchev–Trinajstić information content (AvgIpc) is 2.68. The van der Waals surface area contributed by atoms with Crippen molar-refractivity contribution in [3.63, 3.8) is 0 Å². The van der Waals surface area contributed by atoms with Crippen molar-refractivity contribution in [1.29, 1.82) is 0 Å². The van der Waals surface area contributed by atoms with Gasteiger partial charge in [-0.3, -0.25) is 14.2 Å². The molecule has 1 amide bonds. The summed E-state index contributed by atoms with van der Waals surface area (Å²) in [4.78, 5) is 29.7. The fraction of sp³-hybridized carbons (Fsp3) is 0.250. The second kappa shape index (κ2) is 9.58. The molecule has 0 bridgehead atoms. The predicted octanol–water partition coefficient (Wildman–Crippen LogP) is 4.63. The van der Waals surface area contributed by atoms with Gasteiger partial charge in [0.2, 0.25) is 5.91 Å². The van der Waals surface area contributed by atoms with E-state index in [0.29, 0.717) is 34.2 Å². The van der Waals surface area contributed by atoms with Crippen LogP contribution in [0.2, 0.25) is 5.02 Å². The van der Waals surface area contributed by atoms with Crippen molar-refractivity contribution < 1.29 is 4.79 Å². The van der Waals surface area contributed by atoms with E-state index in [4.69, 9.17) is 11.6 Å². The van der Waals surface area contributed by atoms with Gasteiger partial charge in [-0.2, -0.15) is 0 Å². The summed E-state index contributed by atoms with van der Waals surface area (Å²) in [6, 6.07) is 12.8. The highest BCUT2D eigenvalue weighted by molar-refractivity contribution is 9.10. The van der Waals surface area contributed by atoms with Gasteiger partial charge in [-0.1, -0.05) is 58.3 Å². The lowest BCUT2D eigenvalue weighted by atomic mass is 10.2. The normalized spacial score (nSPS) is 11.0. The minimum atomic E-state index is -0.127. The van der Waals surface area contributed by atoms with Gasteiger partial charge in [0.25, 0.3) is 5.56 Å². The Kier molecular flexibility index (Phi) is 7.15. The number of aromatic nitrogens is 2. The monoisotopic (exact) mass is 479 g/mol. The van der Waals surface area contributed by atoms with Crippen molar-refractivity contribution in [1.82, 2.24) is 14.9 Å². The summed E-state index contributed by atoms with van der Waals surface area (Å²) in [6.07, 6.45) is 0.801. The molecular formula is C20H19BrClN3O2S. The van der Waals surface area contributed by atoms with Crippen LogP contribution in [0, 0.1) is 0 Å². The number of rotatable bonds is 7. The van der Waals surface area contributed by atoms with Gasteiger partial charge in [0.1, 0.15) is 0 Å². The summed E-state index contributed by atoms with van der Waals surface area (Å²) >= 11 is 10.6. The Balaban J connectivity index is 1.74. The van der Waals surface area contributed by atoms with Gasteiger partial charge >= 0.3 is 0 Å². The molecule has 0 spiro atoms.